The SMILES string of the molecule is C[C@H](Nc1nc(NCCN)cc(Nc2cnccn2)n1)c1ccc(F)cc1.Cl.Cl. The maximum Gasteiger partial charge on any atom is 0.227 e. The summed E-state index contributed by atoms with van der Waals surface area (Å²) in [5.74, 6) is 1.89. The highest BCUT2D eigenvalue weighted by atomic mass is 35.5. The smallest absolute Gasteiger partial charge is 0.227 e. The van der Waals surface area contributed by atoms with E-state index in [4.69, 9.17) is 5.73 Å². The largest absolute Gasteiger partial charge is 0.369 e. The van der Waals surface area contributed by atoms with Crippen molar-refractivity contribution in [1.29, 1.82) is 0 Å². The molecule has 0 aliphatic rings. The van der Waals surface area contributed by atoms with Gasteiger partial charge in [-0.2, -0.15) is 9.97 Å². The van der Waals surface area contributed by atoms with Crippen LogP contribution in [0, 0.1) is 5.82 Å². The number of aromatic nitrogens is 4. The Bertz CT molecular complexity index is 867. The average molecular weight is 441 g/mol. The van der Waals surface area contributed by atoms with Crippen molar-refractivity contribution in [3.63, 3.8) is 0 Å². The minimum Gasteiger partial charge on any atom is -0.369 e. The number of hydrogen-bond donors (Lipinski definition) is 4. The zero-order valence-corrected chi connectivity index (χ0v) is 17.3. The maximum atomic E-state index is 13.1. The second-order valence-electron chi connectivity index (χ2n) is 5.81. The molecule has 0 unspecified atom stereocenters. The van der Waals surface area contributed by atoms with Crippen molar-refractivity contribution in [3.05, 3.63) is 60.3 Å². The highest BCUT2D eigenvalue weighted by Gasteiger charge is 2.10. The molecule has 0 radical (unpaired) electrons. The van der Waals surface area contributed by atoms with E-state index in [1.807, 2.05) is 6.92 Å². The summed E-state index contributed by atoms with van der Waals surface area (Å²) in [6, 6.07) is 7.95. The minimum absolute atomic E-state index is 0. The molecule has 0 bridgehead atoms. The molecule has 2 heterocycles. The van der Waals surface area contributed by atoms with Gasteiger partial charge < -0.3 is 21.7 Å². The molecule has 0 spiro atoms. The Morgan fingerprint density at radius 1 is 1.03 bits per heavy atom. The molecule has 3 rings (SSSR count). The number of hydrogen-bond acceptors (Lipinski definition) is 8. The van der Waals surface area contributed by atoms with Gasteiger partial charge in [0, 0.05) is 31.5 Å². The van der Waals surface area contributed by atoms with Crippen LogP contribution in [0.2, 0.25) is 0 Å². The first-order chi connectivity index (χ1) is 13.1. The highest BCUT2D eigenvalue weighted by Crippen LogP contribution is 2.21. The summed E-state index contributed by atoms with van der Waals surface area (Å²) in [5, 5.41) is 9.46. The fraction of sp³-hybridized carbons (Fsp3) is 0.222. The molecule has 0 amide bonds. The third kappa shape index (κ3) is 7.30. The van der Waals surface area contributed by atoms with Crippen LogP contribution in [0.3, 0.4) is 0 Å². The number of benzene rings is 1. The second kappa shape index (κ2) is 11.9. The maximum absolute atomic E-state index is 13.1. The van der Waals surface area contributed by atoms with Gasteiger partial charge in [-0.1, -0.05) is 12.1 Å². The summed E-state index contributed by atoms with van der Waals surface area (Å²) in [6.45, 7) is 3.01. The second-order valence-corrected chi connectivity index (χ2v) is 5.81. The van der Waals surface area contributed by atoms with E-state index in [9.17, 15) is 4.39 Å². The molecule has 2 aromatic heterocycles. The van der Waals surface area contributed by atoms with Gasteiger partial charge in [0.05, 0.1) is 12.2 Å². The van der Waals surface area contributed by atoms with Gasteiger partial charge in [0.2, 0.25) is 5.95 Å². The first-order valence-corrected chi connectivity index (χ1v) is 8.52. The summed E-state index contributed by atoms with van der Waals surface area (Å²) < 4.78 is 13.1. The van der Waals surface area contributed by atoms with Crippen molar-refractivity contribution in [1.82, 2.24) is 19.9 Å². The van der Waals surface area contributed by atoms with Crippen molar-refractivity contribution in [2.24, 2.45) is 5.73 Å². The molecule has 0 aliphatic carbocycles. The Balaban J connectivity index is 0.00000210. The van der Waals surface area contributed by atoms with E-state index in [0.717, 1.165) is 5.56 Å². The van der Waals surface area contributed by atoms with Gasteiger partial charge in [-0.25, -0.2) is 9.37 Å². The molecule has 3 aromatic rings. The van der Waals surface area contributed by atoms with E-state index in [2.05, 4.69) is 35.9 Å². The third-order valence-corrected chi connectivity index (χ3v) is 3.71. The number of nitrogens with two attached hydrogens (primary N) is 1. The van der Waals surface area contributed by atoms with Gasteiger partial charge >= 0.3 is 0 Å². The lowest BCUT2D eigenvalue weighted by Crippen LogP contribution is -2.16. The van der Waals surface area contributed by atoms with E-state index in [1.54, 1.807) is 36.8 Å². The van der Waals surface area contributed by atoms with Crippen LogP contribution in [0.1, 0.15) is 18.5 Å². The standard InChI is InChI=1S/C18H21FN8.2ClH/c1-12(13-2-4-14(19)5-3-13)24-18-26-15(22-7-6-20)10-16(27-18)25-17-11-21-8-9-23-17;;/h2-5,8-12H,6-7,20H2,1H3,(H3,22,23,24,25,26,27);2*1H/t12-;;/m0../s1. The van der Waals surface area contributed by atoms with Crippen molar-refractivity contribution in [3.8, 4) is 0 Å². The summed E-state index contributed by atoms with van der Waals surface area (Å²) in [5.41, 5.74) is 6.48. The molecule has 29 heavy (non-hydrogen) atoms. The summed E-state index contributed by atoms with van der Waals surface area (Å²) >= 11 is 0. The van der Waals surface area contributed by atoms with Gasteiger partial charge in [-0.3, -0.25) is 4.98 Å². The topological polar surface area (TPSA) is 114 Å². The Kier molecular flexibility index (Phi) is 10.0. The lowest BCUT2D eigenvalue weighted by molar-refractivity contribution is 0.626. The predicted octanol–water partition coefficient (Wildman–Crippen LogP) is 3.54. The van der Waals surface area contributed by atoms with Crippen LogP contribution < -0.4 is 21.7 Å². The molecular formula is C18H23Cl2FN8. The van der Waals surface area contributed by atoms with Gasteiger partial charge in [0.25, 0.3) is 0 Å². The molecule has 1 aromatic carbocycles. The monoisotopic (exact) mass is 440 g/mol. The average Bonchev–Trinajstić information content (AvgIpc) is 2.67. The predicted molar refractivity (Wildman–Crippen MR) is 118 cm³/mol. The van der Waals surface area contributed by atoms with Crippen LogP contribution in [0.15, 0.2) is 48.9 Å². The Hall–Kier alpha value is -2.75. The van der Waals surface area contributed by atoms with Crippen LogP contribution in [0.25, 0.3) is 0 Å². The number of rotatable bonds is 8. The molecule has 1 atom stereocenters. The minimum atomic E-state index is -0.273. The Morgan fingerprint density at radius 2 is 1.76 bits per heavy atom. The van der Waals surface area contributed by atoms with Crippen LogP contribution in [0.5, 0.6) is 0 Å². The van der Waals surface area contributed by atoms with E-state index < -0.39 is 0 Å². The summed E-state index contributed by atoms with van der Waals surface area (Å²) in [7, 11) is 0. The summed E-state index contributed by atoms with van der Waals surface area (Å²) in [6.07, 6.45) is 4.78. The lowest BCUT2D eigenvalue weighted by Gasteiger charge is -2.16. The number of halogens is 3. The normalized spacial score (nSPS) is 10.9. The first kappa shape index (κ1) is 24.3. The van der Waals surface area contributed by atoms with Crippen LogP contribution >= 0.6 is 24.8 Å². The van der Waals surface area contributed by atoms with Crippen molar-refractivity contribution >= 4 is 48.2 Å². The van der Waals surface area contributed by atoms with E-state index >= 15 is 0 Å². The Morgan fingerprint density at radius 3 is 2.41 bits per heavy atom. The van der Waals surface area contributed by atoms with Crippen molar-refractivity contribution in [2.75, 3.05) is 29.0 Å². The van der Waals surface area contributed by atoms with Crippen molar-refractivity contribution in [2.45, 2.75) is 13.0 Å². The number of nitrogens with one attached hydrogen (secondary N) is 3. The molecule has 11 heteroatoms. The molecule has 156 valence electrons. The molecule has 8 nitrogen and oxygen atoms in total. The van der Waals surface area contributed by atoms with Crippen LogP contribution in [0.4, 0.5) is 27.8 Å². The number of nitrogens with zero attached hydrogens (tertiary/aromatic N) is 4. The van der Waals surface area contributed by atoms with Crippen LogP contribution in [-0.4, -0.2) is 33.0 Å². The highest BCUT2D eigenvalue weighted by molar-refractivity contribution is 5.85. The molecule has 0 saturated carbocycles. The van der Waals surface area contributed by atoms with E-state index in [0.29, 0.717) is 36.5 Å². The van der Waals surface area contributed by atoms with Gasteiger partial charge in [0.15, 0.2) is 0 Å². The molecule has 5 N–H and O–H groups in total. The Labute approximate surface area is 180 Å². The fourth-order valence-corrected chi connectivity index (χ4v) is 2.39. The van der Waals surface area contributed by atoms with E-state index in [-0.39, 0.29) is 36.7 Å². The quantitative estimate of drug-likeness (QED) is 0.420. The zero-order valence-electron chi connectivity index (χ0n) is 15.7. The third-order valence-electron chi connectivity index (χ3n) is 3.71. The van der Waals surface area contributed by atoms with Gasteiger partial charge in [0.1, 0.15) is 23.3 Å². The molecule has 0 aliphatic heterocycles. The number of anilines is 4. The first-order valence-electron chi connectivity index (χ1n) is 8.52. The zero-order chi connectivity index (χ0) is 19.1. The molecular weight excluding hydrogens is 418 g/mol. The molecule has 0 fully saturated rings. The lowest BCUT2D eigenvalue weighted by atomic mass is 10.1. The van der Waals surface area contributed by atoms with E-state index in [1.165, 1.54) is 12.1 Å². The van der Waals surface area contributed by atoms with Crippen molar-refractivity contribution < 1.29 is 4.39 Å². The van der Waals surface area contributed by atoms with Gasteiger partial charge in [-0.15, -0.1) is 24.8 Å². The fourth-order valence-electron chi connectivity index (χ4n) is 2.39. The summed E-state index contributed by atoms with van der Waals surface area (Å²) in [4.78, 5) is 17.1. The van der Waals surface area contributed by atoms with Gasteiger partial charge in [-0.05, 0) is 24.6 Å². The molecule has 0 saturated heterocycles. The van der Waals surface area contributed by atoms with Crippen LogP contribution in [-0.2, 0) is 0 Å².